The minimum Gasteiger partial charge on any atom is -0.463 e. The first kappa shape index (κ1) is 49.7. The summed E-state index contributed by atoms with van der Waals surface area (Å²) in [7, 11) is 0. The number of hydrogen-bond acceptors (Lipinski definition) is 11. The molecule has 0 bridgehead atoms. The fourth-order valence-electron chi connectivity index (χ4n) is 8.00. The van der Waals surface area contributed by atoms with Gasteiger partial charge in [0.05, 0.1) is 24.4 Å². The molecule has 0 aromatic rings. The number of carbonyl (C=O) groups excluding carboxylic acids is 4. The molecule has 0 saturated heterocycles. The molecule has 0 aromatic carbocycles. The minimum atomic E-state index is -1.09. The van der Waals surface area contributed by atoms with Crippen LogP contribution < -0.4 is 0 Å². The van der Waals surface area contributed by atoms with E-state index >= 15 is 0 Å². The second kappa shape index (κ2) is 29.7. The molecular weight excluding hydrogens is 716 g/mol. The second-order valence-corrected chi connectivity index (χ2v) is 16.4. The van der Waals surface area contributed by atoms with Crippen molar-refractivity contribution < 1.29 is 54.2 Å². The van der Waals surface area contributed by atoms with E-state index in [0.717, 1.165) is 89.9 Å². The van der Waals surface area contributed by atoms with Crippen molar-refractivity contribution in [1.29, 1.82) is 0 Å². The first-order chi connectivity index (χ1) is 27.0. The molecule has 0 spiro atoms. The molecule has 0 heterocycles. The summed E-state index contributed by atoms with van der Waals surface area (Å²) in [6.07, 6.45) is 21.6. The van der Waals surface area contributed by atoms with Crippen molar-refractivity contribution in [2.45, 2.75) is 198 Å². The average Bonchev–Trinajstić information content (AvgIpc) is 3.60. The molecule has 0 radical (unpaired) electrons. The van der Waals surface area contributed by atoms with Gasteiger partial charge in [-0.2, -0.15) is 0 Å². The van der Waals surface area contributed by atoms with Gasteiger partial charge in [0.25, 0.3) is 0 Å². The number of rotatable bonds is 32. The van der Waals surface area contributed by atoms with Gasteiger partial charge in [0.2, 0.25) is 0 Å². The van der Waals surface area contributed by atoms with Crippen LogP contribution in [-0.2, 0) is 28.7 Å². The Morgan fingerprint density at radius 3 is 1.36 bits per heavy atom. The predicted octanol–water partition coefficient (Wildman–Crippen LogP) is 7.02. The topological polar surface area (TPSA) is 188 Å². The van der Waals surface area contributed by atoms with E-state index in [0.29, 0.717) is 38.5 Å². The molecule has 0 amide bonds. The van der Waals surface area contributed by atoms with Gasteiger partial charge in [-0.25, -0.2) is 0 Å². The van der Waals surface area contributed by atoms with E-state index in [2.05, 4.69) is 13.8 Å². The summed E-state index contributed by atoms with van der Waals surface area (Å²) in [5, 5.41) is 51.3. The molecule has 322 valence electrons. The van der Waals surface area contributed by atoms with Crippen molar-refractivity contribution in [3.05, 3.63) is 24.3 Å². The van der Waals surface area contributed by atoms with Crippen molar-refractivity contribution in [3.8, 4) is 0 Å². The van der Waals surface area contributed by atoms with Crippen molar-refractivity contribution in [1.82, 2.24) is 0 Å². The maximum Gasteiger partial charge on any atom is 0.305 e. The number of Topliss-reactive ketones (excluding diaryl/α,β-unsaturated/α-hetero) is 2. The van der Waals surface area contributed by atoms with Gasteiger partial charge in [0.15, 0.2) is 0 Å². The number of carbonyl (C=O) groups is 4. The van der Waals surface area contributed by atoms with Crippen LogP contribution in [0.5, 0.6) is 0 Å². The molecule has 2 rings (SSSR count). The number of esters is 2. The van der Waals surface area contributed by atoms with Gasteiger partial charge in [-0.3, -0.25) is 19.2 Å². The molecule has 2 aliphatic rings. The molecule has 11 heteroatoms. The highest BCUT2D eigenvalue weighted by Gasteiger charge is 2.40. The Kier molecular flexibility index (Phi) is 26.4. The number of ketones is 2. The van der Waals surface area contributed by atoms with E-state index in [1.807, 2.05) is 12.2 Å². The van der Waals surface area contributed by atoms with Crippen LogP contribution in [0.2, 0.25) is 0 Å². The smallest absolute Gasteiger partial charge is 0.305 e. The van der Waals surface area contributed by atoms with Gasteiger partial charge in [-0.15, -0.1) is 0 Å². The molecule has 5 N–H and O–H groups in total. The van der Waals surface area contributed by atoms with Crippen LogP contribution in [-0.4, -0.2) is 92.8 Å². The van der Waals surface area contributed by atoms with E-state index in [9.17, 15) is 44.7 Å². The minimum absolute atomic E-state index is 0.0853. The molecule has 56 heavy (non-hydrogen) atoms. The molecule has 2 fully saturated rings. The lowest BCUT2D eigenvalue weighted by atomic mass is 9.88. The van der Waals surface area contributed by atoms with Crippen LogP contribution in [0.1, 0.15) is 168 Å². The number of hydrogen-bond donors (Lipinski definition) is 5. The summed E-state index contributed by atoms with van der Waals surface area (Å²) in [5.74, 6) is -1.59. The van der Waals surface area contributed by atoms with E-state index < -0.39 is 42.5 Å². The molecular formula is C45H76O11. The van der Waals surface area contributed by atoms with Crippen molar-refractivity contribution in [2.75, 3.05) is 13.2 Å². The first-order valence-corrected chi connectivity index (χ1v) is 22.1. The van der Waals surface area contributed by atoms with Crippen LogP contribution in [0.3, 0.4) is 0 Å². The monoisotopic (exact) mass is 793 g/mol. The third-order valence-corrected chi connectivity index (χ3v) is 11.4. The Bertz CT molecular complexity index is 1080. The molecule has 8 atom stereocenters. The molecule has 11 nitrogen and oxygen atoms in total. The third kappa shape index (κ3) is 20.8. The SMILES string of the molecule is CCCCCC(O)/C=C/C1C(O)CC(=O)C1CCCCCCCC(=O)OCC(O)COC(=O)CCCCCCCC1C(=O)CC(O)C1/C=C/C(O)CCCCC. The lowest BCUT2D eigenvalue weighted by Gasteiger charge is -2.18. The highest BCUT2D eigenvalue weighted by atomic mass is 16.6. The van der Waals surface area contributed by atoms with Gasteiger partial charge in [-0.1, -0.05) is 128 Å². The Morgan fingerprint density at radius 1 is 0.589 bits per heavy atom. The fraction of sp³-hybridized carbons (Fsp3) is 0.822. The summed E-state index contributed by atoms with van der Waals surface area (Å²) < 4.78 is 10.3. The normalized spacial score (nSPS) is 24.3. The highest BCUT2D eigenvalue weighted by molar-refractivity contribution is 5.85. The van der Waals surface area contributed by atoms with E-state index in [1.54, 1.807) is 12.2 Å². The molecule has 0 aliphatic heterocycles. The van der Waals surface area contributed by atoms with Crippen molar-refractivity contribution in [2.24, 2.45) is 23.7 Å². The molecule has 0 aromatic heterocycles. The zero-order valence-corrected chi connectivity index (χ0v) is 34.6. The van der Waals surface area contributed by atoms with Gasteiger partial charge in [-0.05, 0) is 38.5 Å². The maximum absolute atomic E-state index is 12.5. The molecule has 2 saturated carbocycles. The van der Waals surface area contributed by atoms with Crippen molar-refractivity contribution in [3.63, 3.8) is 0 Å². The zero-order valence-electron chi connectivity index (χ0n) is 34.6. The third-order valence-electron chi connectivity index (χ3n) is 11.4. The number of unbranched alkanes of at least 4 members (excludes halogenated alkanes) is 12. The summed E-state index contributed by atoms with van der Waals surface area (Å²) in [6, 6.07) is 0. The summed E-state index contributed by atoms with van der Waals surface area (Å²) in [6.45, 7) is 3.75. The number of aliphatic hydroxyl groups is 5. The number of ether oxygens (including phenoxy) is 2. The van der Waals surface area contributed by atoms with Gasteiger partial charge >= 0.3 is 11.9 Å². The van der Waals surface area contributed by atoms with Crippen LogP contribution in [0.25, 0.3) is 0 Å². The van der Waals surface area contributed by atoms with Crippen LogP contribution in [0.15, 0.2) is 24.3 Å². The Morgan fingerprint density at radius 2 is 0.964 bits per heavy atom. The lowest BCUT2D eigenvalue weighted by Crippen LogP contribution is -2.25. The quantitative estimate of drug-likeness (QED) is 0.0268. The van der Waals surface area contributed by atoms with E-state index in [4.69, 9.17) is 9.47 Å². The highest BCUT2D eigenvalue weighted by Crippen LogP contribution is 2.36. The van der Waals surface area contributed by atoms with Gasteiger partial charge in [0.1, 0.15) is 30.9 Å². The standard InChI is InChI=1S/C45H76O11/c1-3-5-13-19-33(46)25-27-38-36(40(49)29-42(38)51)21-15-9-7-11-17-23-44(53)55-31-35(48)32-56-45(54)24-18-12-8-10-16-22-37-39(43(52)30-41(37)50)28-26-34(47)20-14-6-4-2/h25-28,33-39,42-43,46-48,51-52H,3-24,29-32H2,1-2H3/b27-25+,28-26+. The van der Waals surface area contributed by atoms with Crippen molar-refractivity contribution >= 4 is 23.5 Å². The Balaban J connectivity index is 1.47. The van der Waals surface area contributed by atoms with Crippen LogP contribution in [0.4, 0.5) is 0 Å². The summed E-state index contributed by atoms with van der Waals surface area (Å²) in [4.78, 5) is 49.2. The Hall–Kier alpha value is -2.44. The lowest BCUT2D eigenvalue weighted by molar-refractivity contribution is -0.152. The zero-order chi connectivity index (χ0) is 41.1. The van der Waals surface area contributed by atoms with Gasteiger partial charge < -0.3 is 35.0 Å². The largest absolute Gasteiger partial charge is 0.463 e. The summed E-state index contributed by atoms with van der Waals surface area (Å²) >= 11 is 0. The van der Waals surface area contributed by atoms with Gasteiger partial charge in [0, 0.05) is 49.4 Å². The molecule has 8 unspecified atom stereocenters. The first-order valence-electron chi connectivity index (χ1n) is 22.1. The predicted molar refractivity (Wildman–Crippen MR) is 216 cm³/mol. The molecule has 2 aliphatic carbocycles. The summed E-state index contributed by atoms with van der Waals surface area (Å²) in [5.41, 5.74) is 0. The van der Waals surface area contributed by atoms with Crippen LogP contribution >= 0.6 is 0 Å². The van der Waals surface area contributed by atoms with E-state index in [1.165, 1.54) is 0 Å². The Labute approximate surface area is 336 Å². The van der Waals surface area contributed by atoms with E-state index in [-0.39, 0.29) is 74.1 Å². The fourth-order valence-corrected chi connectivity index (χ4v) is 8.00. The average molecular weight is 793 g/mol. The van der Waals surface area contributed by atoms with Crippen LogP contribution in [0, 0.1) is 23.7 Å². The second-order valence-electron chi connectivity index (χ2n) is 16.4. The maximum atomic E-state index is 12.5. The number of aliphatic hydroxyl groups excluding tert-OH is 5.